The van der Waals surface area contributed by atoms with E-state index >= 15 is 0 Å². The number of nitrogen functional groups attached to an aromatic ring is 1. The molecule has 0 atom stereocenters. The zero-order chi connectivity index (χ0) is 9.97. The van der Waals surface area contributed by atoms with Crippen molar-refractivity contribution < 1.29 is 4.39 Å². The van der Waals surface area contributed by atoms with Gasteiger partial charge in [0, 0.05) is 18.0 Å². The summed E-state index contributed by atoms with van der Waals surface area (Å²) in [5, 5.41) is 0. The zero-order valence-electron chi connectivity index (χ0n) is 7.87. The number of halogens is 1. The third-order valence-corrected chi connectivity index (χ3v) is 3.36. The zero-order valence-corrected chi connectivity index (χ0v) is 8.69. The van der Waals surface area contributed by atoms with E-state index in [0.29, 0.717) is 0 Å². The van der Waals surface area contributed by atoms with Crippen molar-refractivity contribution in [2.24, 2.45) is 0 Å². The van der Waals surface area contributed by atoms with E-state index in [1.54, 1.807) is 18.0 Å². The Hall–Kier alpha value is -0.740. The molecule has 1 saturated heterocycles. The van der Waals surface area contributed by atoms with Crippen LogP contribution in [0.15, 0.2) is 23.1 Å². The predicted octanol–water partition coefficient (Wildman–Crippen LogP) is 2.51. The molecule has 1 aliphatic rings. The molecule has 1 aromatic carbocycles. The lowest BCUT2D eigenvalue weighted by atomic mass is 10.3. The van der Waals surface area contributed by atoms with E-state index in [1.165, 1.54) is 18.9 Å². The second kappa shape index (κ2) is 4.19. The van der Waals surface area contributed by atoms with E-state index in [9.17, 15) is 4.39 Å². The Morgan fingerprint density at radius 2 is 2.00 bits per heavy atom. The van der Waals surface area contributed by atoms with Gasteiger partial charge in [-0.3, -0.25) is 0 Å². The van der Waals surface area contributed by atoms with E-state index in [1.807, 2.05) is 6.07 Å². The highest BCUT2D eigenvalue weighted by molar-refractivity contribution is 7.97. The molecule has 4 heteroatoms. The highest BCUT2D eigenvalue weighted by atomic mass is 32.2. The summed E-state index contributed by atoms with van der Waals surface area (Å²) in [6.07, 6.45) is 2.48. The first kappa shape index (κ1) is 9.80. The van der Waals surface area contributed by atoms with Gasteiger partial charge in [0.2, 0.25) is 0 Å². The highest BCUT2D eigenvalue weighted by Gasteiger charge is 2.13. The molecular formula is C10H13FN2S. The monoisotopic (exact) mass is 212 g/mol. The largest absolute Gasteiger partial charge is 0.396 e. The van der Waals surface area contributed by atoms with Crippen LogP contribution in [-0.2, 0) is 0 Å². The second-order valence-corrected chi connectivity index (χ2v) is 4.58. The van der Waals surface area contributed by atoms with Crippen molar-refractivity contribution in [3.63, 3.8) is 0 Å². The average molecular weight is 212 g/mol. The maximum atomic E-state index is 13.1. The minimum Gasteiger partial charge on any atom is -0.396 e. The summed E-state index contributed by atoms with van der Waals surface area (Å²) in [6, 6.07) is 4.98. The summed E-state index contributed by atoms with van der Waals surface area (Å²) in [7, 11) is 0. The molecule has 0 radical (unpaired) electrons. The topological polar surface area (TPSA) is 29.3 Å². The quantitative estimate of drug-likeness (QED) is 0.603. The Morgan fingerprint density at radius 1 is 1.29 bits per heavy atom. The molecule has 1 aliphatic heterocycles. The predicted molar refractivity (Wildman–Crippen MR) is 57.5 cm³/mol. The van der Waals surface area contributed by atoms with Gasteiger partial charge < -0.3 is 5.73 Å². The van der Waals surface area contributed by atoms with Crippen LogP contribution in [0.4, 0.5) is 10.1 Å². The van der Waals surface area contributed by atoms with Crippen LogP contribution in [0.5, 0.6) is 0 Å². The molecule has 0 unspecified atom stereocenters. The van der Waals surface area contributed by atoms with Crippen LogP contribution in [0, 0.1) is 5.82 Å². The summed E-state index contributed by atoms with van der Waals surface area (Å²) in [6.45, 7) is 2.19. The average Bonchev–Trinajstić information content (AvgIpc) is 2.64. The molecule has 1 fully saturated rings. The third kappa shape index (κ3) is 2.19. The number of benzene rings is 1. The maximum absolute atomic E-state index is 13.1. The van der Waals surface area contributed by atoms with Gasteiger partial charge in [-0.2, -0.15) is 0 Å². The fourth-order valence-corrected chi connectivity index (χ4v) is 2.52. The van der Waals surface area contributed by atoms with Crippen molar-refractivity contribution in [2.75, 3.05) is 18.8 Å². The Morgan fingerprint density at radius 3 is 2.64 bits per heavy atom. The Labute approximate surface area is 87.4 Å². The summed E-state index contributed by atoms with van der Waals surface area (Å²) < 4.78 is 15.4. The molecule has 2 rings (SSSR count). The van der Waals surface area contributed by atoms with E-state index < -0.39 is 0 Å². The molecule has 2 N–H and O–H groups in total. The van der Waals surface area contributed by atoms with Crippen LogP contribution in [-0.4, -0.2) is 17.4 Å². The van der Waals surface area contributed by atoms with Crippen molar-refractivity contribution >= 4 is 17.6 Å². The van der Waals surface area contributed by atoms with Crippen molar-refractivity contribution in [1.82, 2.24) is 4.31 Å². The number of rotatable bonds is 2. The van der Waals surface area contributed by atoms with Crippen LogP contribution in [0.3, 0.4) is 0 Å². The third-order valence-electron chi connectivity index (χ3n) is 2.27. The van der Waals surface area contributed by atoms with Gasteiger partial charge in [0.05, 0.1) is 5.69 Å². The van der Waals surface area contributed by atoms with Gasteiger partial charge in [0.25, 0.3) is 0 Å². The molecule has 0 amide bonds. The SMILES string of the molecule is Nc1ccc(SN2CCCC2)cc1F. The molecule has 0 spiro atoms. The number of hydrogen-bond acceptors (Lipinski definition) is 3. The lowest BCUT2D eigenvalue weighted by molar-refractivity contribution is 0.585. The van der Waals surface area contributed by atoms with Gasteiger partial charge >= 0.3 is 0 Å². The Kier molecular flexibility index (Phi) is 2.93. The fourth-order valence-electron chi connectivity index (χ4n) is 1.49. The Bertz CT molecular complexity index is 324. The molecule has 2 nitrogen and oxygen atoms in total. The molecule has 1 heterocycles. The number of hydrogen-bond donors (Lipinski definition) is 1. The second-order valence-electron chi connectivity index (χ2n) is 3.41. The van der Waals surface area contributed by atoms with Crippen molar-refractivity contribution in [3.8, 4) is 0 Å². The van der Waals surface area contributed by atoms with E-state index in [4.69, 9.17) is 5.73 Å². The fraction of sp³-hybridized carbons (Fsp3) is 0.400. The van der Waals surface area contributed by atoms with E-state index in [-0.39, 0.29) is 11.5 Å². The van der Waals surface area contributed by atoms with Crippen molar-refractivity contribution in [2.45, 2.75) is 17.7 Å². The molecule has 0 aliphatic carbocycles. The normalized spacial score (nSPS) is 17.5. The minimum atomic E-state index is -0.325. The molecule has 0 saturated carbocycles. The van der Waals surface area contributed by atoms with Gasteiger partial charge in [0.15, 0.2) is 0 Å². The summed E-state index contributed by atoms with van der Waals surface area (Å²) in [5.74, 6) is -0.325. The molecule has 0 aromatic heterocycles. The van der Waals surface area contributed by atoms with Crippen molar-refractivity contribution in [1.29, 1.82) is 0 Å². The summed E-state index contributed by atoms with van der Waals surface area (Å²) in [4.78, 5) is 0.929. The lowest BCUT2D eigenvalue weighted by Gasteiger charge is -2.13. The molecule has 1 aromatic rings. The molecule has 14 heavy (non-hydrogen) atoms. The van der Waals surface area contributed by atoms with Crippen LogP contribution in [0.25, 0.3) is 0 Å². The first-order chi connectivity index (χ1) is 6.75. The van der Waals surface area contributed by atoms with Gasteiger partial charge in [-0.15, -0.1) is 0 Å². The van der Waals surface area contributed by atoms with Gasteiger partial charge in [-0.25, -0.2) is 8.70 Å². The summed E-state index contributed by atoms with van der Waals surface area (Å²) >= 11 is 1.61. The van der Waals surface area contributed by atoms with Crippen LogP contribution in [0.2, 0.25) is 0 Å². The Balaban J connectivity index is 2.05. The highest BCUT2D eigenvalue weighted by Crippen LogP contribution is 2.28. The molecular weight excluding hydrogens is 199 g/mol. The van der Waals surface area contributed by atoms with E-state index in [2.05, 4.69) is 4.31 Å². The smallest absolute Gasteiger partial charge is 0.147 e. The van der Waals surface area contributed by atoms with Crippen LogP contribution >= 0.6 is 11.9 Å². The maximum Gasteiger partial charge on any atom is 0.147 e. The van der Waals surface area contributed by atoms with Crippen LogP contribution < -0.4 is 5.73 Å². The number of anilines is 1. The molecule has 76 valence electrons. The standard InChI is InChI=1S/C10H13FN2S/c11-9-7-8(3-4-10(9)12)14-13-5-1-2-6-13/h3-4,7H,1-2,5-6,12H2. The first-order valence-corrected chi connectivity index (χ1v) is 5.51. The summed E-state index contributed by atoms with van der Waals surface area (Å²) in [5.41, 5.74) is 5.62. The number of nitrogens with zero attached hydrogens (tertiary/aromatic N) is 1. The lowest BCUT2D eigenvalue weighted by Crippen LogP contribution is -2.08. The van der Waals surface area contributed by atoms with Crippen LogP contribution in [0.1, 0.15) is 12.8 Å². The minimum absolute atomic E-state index is 0.218. The molecule has 0 bridgehead atoms. The van der Waals surface area contributed by atoms with Gasteiger partial charge in [-0.05, 0) is 43.0 Å². The first-order valence-electron chi connectivity index (χ1n) is 4.73. The number of nitrogens with two attached hydrogens (primary N) is 1. The van der Waals surface area contributed by atoms with Crippen molar-refractivity contribution in [3.05, 3.63) is 24.0 Å². The van der Waals surface area contributed by atoms with Gasteiger partial charge in [-0.1, -0.05) is 0 Å². The van der Waals surface area contributed by atoms with Gasteiger partial charge in [0.1, 0.15) is 5.82 Å². The van der Waals surface area contributed by atoms with E-state index in [0.717, 1.165) is 18.0 Å².